The van der Waals surface area contributed by atoms with Crippen LogP contribution in [0.3, 0.4) is 0 Å². The topological polar surface area (TPSA) is 76.1 Å². The lowest BCUT2D eigenvalue weighted by Gasteiger charge is -2.53. The van der Waals surface area contributed by atoms with E-state index in [2.05, 4.69) is 33.1 Å². The van der Waals surface area contributed by atoms with Crippen LogP contribution in [0.4, 0.5) is 4.79 Å². The van der Waals surface area contributed by atoms with Gasteiger partial charge in [0.25, 0.3) is 0 Å². The smallest absolute Gasteiger partial charge is 0.410 e. The van der Waals surface area contributed by atoms with E-state index in [0.29, 0.717) is 51.6 Å². The van der Waals surface area contributed by atoms with Gasteiger partial charge in [-0.3, -0.25) is 4.79 Å². The zero-order chi connectivity index (χ0) is 24.3. The normalized spacial score (nSPS) is 32.8. The van der Waals surface area contributed by atoms with Crippen molar-refractivity contribution in [2.24, 2.45) is 17.3 Å². The maximum absolute atomic E-state index is 13.7. The Morgan fingerprint density at radius 3 is 2.47 bits per heavy atom. The van der Waals surface area contributed by atoms with Gasteiger partial charge >= 0.3 is 6.09 Å². The molecule has 1 spiro atoms. The second kappa shape index (κ2) is 10.4. The molecule has 1 amide bonds. The summed E-state index contributed by atoms with van der Waals surface area (Å²) < 4.78 is 12.2. The minimum atomic E-state index is -1.86. The summed E-state index contributed by atoms with van der Waals surface area (Å²) in [6.45, 7) is 19.2. The van der Waals surface area contributed by atoms with Gasteiger partial charge in [-0.05, 0) is 78.4 Å². The lowest BCUT2D eigenvalue weighted by atomic mass is 9.55. The van der Waals surface area contributed by atoms with Crippen LogP contribution in [0, 0.1) is 17.3 Å². The van der Waals surface area contributed by atoms with Gasteiger partial charge in [-0.1, -0.05) is 13.0 Å². The monoisotopic (exact) mass is 467 g/mol. The van der Waals surface area contributed by atoms with E-state index in [0.717, 1.165) is 0 Å². The van der Waals surface area contributed by atoms with Crippen molar-refractivity contribution in [1.82, 2.24) is 4.90 Å². The van der Waals surface area contributed by atoms with Crippen LogP contribution in [0.2, 0.25) is 19.6 Å². The van der Waals surface area contributed by atoms with Gasteiger partial charge in [0.15, 0.2) is 8.32 Å². The van der Waals surface area contributed by atoms with Crippen LogP contribution in [0.25, 0.3) is 0 Å². The maximum Gasteiger partial charge on any atom is 0.410 e. The number of hydrogen-bond acceptors (Lipinski definition) is 5. The predicted octanol–water partition coefficient (Wildman–Crippen LogP) is 5.17. The molecule has 0 aromatic rings. The van der Waals surface area contributed by atoms with Crippen LogP contribution in [-0.2, 0) is 14.0 Å². The summed E-state index contributed by atoms with van der Waals surface area (Å²) in [7, 11) is -1.86. The Kier molecular flexibility index (Phi) is 8.79. The zero-order valence-corrected chi connectivity index (χ0v) is 22.3. The summed E-state index contributed by atoms with van der Waals surface area (Å²) in [5.74, 6) is 0.177. The number of aliphatic hydroxyl groups excluding tert-OH is 1. The summed E-state index contributed by atoms with van der Waals surface area (Å²) in [4.78, 5) is 28.1. The van der Waals surface area contributed by atoms with Gasteiger partial charge in [-0.2, -0.15) is 0 Å². The van der Waals surface area contributed by atoms with Gasteiger partial charge in [-0.25, -0.2) is 4.79 Å². The molecule has 1 saturated carbocycles. The molecular weight excluding hydrogens is 422 g/mol. The molecule has 1 aliphatic heterocycles. The number of nitrogens with zero attached hydrogens (tertiary/aromatic N) is 1. The minimum absolute atomic E-state index is 0.0743. The molecule has 1 heterocycles. The number of Topliss-reactive ketones (excluding diaryl/α,β-unsaturated/α-hetero) is 1. The Labute approximate surface area is 195 Å². The number of rotatable bonds is 4. The summed E-state index contributed by atoms with van der Waals surface area (Å²) in [6, 6.07) is 0. The largest absolute Gasteiger partial charge is 0.444 e. The van der Waals surface area contributed by atoms with Crippen molar-refractivity contribution in [2.75, 3.05) is 13.1 Å². The first kappa shape index (κ1) is 27.1. The summed E-state index contributed by atoms with van der Waals surface area (Å²) >= 11 is 0. The molecule has 1 aliphatic carbocycles. The first-order chi connectivity index (χ1) is 14.7. The molecule has 0 aromatic carbocycles. The van der Waals surface area contributed by atoms with Crippen molar-refractivity contribution >= 4 is 20.2 Å². The average Bonchev–Trinajstić information content (AvgIpc) is 2.71. The first-order valence-electron chi connectivity index (χ1n) is 12.2. The molecule has 2 rings (SSSR count). The number of ether oxygens (including phenoxy) is 1. The Morgan fingerprint density at radius 2 is 1.91 bits per heavy atom. The van der Waals surface area contributed by atoms with E-state index in [1.165, 1.54) is 0 Å². The molecule has 0 unspecified atom stereocenters. The molecule has 1 N–H and O–H groups in total. The van der Waals surface area contributed by atoms with Gasteiger partial charge in [0, 0.05) is 25.4 Å². The highest BCUT2D eigenvalue weighted by Gasteiger charge is 2.57. The van der Waals surface area contributed by atoms with E-state index in [9.17, 15) is 14.7 Å². The second-order valence-electron chi connectivity index (χ2n) is 11.7. The average molecular weight is 468 g/mol. The molecule has 184 valence electrons. The number of amides is 1. The Balaban J connectivity index is 2.35. The van der Waals surface area contributed by atoms with E-state index < -0.39 is 25.4 Å². The number of aliphatic hydroxyl groups is 1. The Morgan fingerprint density at radius 1 is 1.28 bits per heavy atom. The molecule has 0 bridgehead atoms. The lowest BCUT2D eigenvalue weighted by molar-refractivity contribution is -0.163. The van der Waals surface area contributed by atoms with E-state index in [4.69, 9.17) is 9.16 Å². The molecule has 0 radical (unpaired) electrons. The van der Waals surface area contributed by atoms with Crippen LogP contribution in [0.1, 0.15) is 66.2 Å². The van der Waals surface area contributed by atoms with Crippen LogP contribution in [-0.4, -0.2) is 61.1 Å². The highest BCUT2D eigenvalue weighted by atomic mass is 28.4. The van der Waals surface area contributed by atoms with Crippen LogP contribution < -0.4 is 0 Å². The van der Waals surface area contributed by atoms with Gasteiger partial charge in [0.2, 0.25) is 0 Å². The van der Waals surface area contributed by atoms with Crippen molar-refractivity contribution in [2.45, 2.75) is 104 Å². The fraction of sp³-hybridized carbons (Fsp3) is 0.840. The number of carbonyl (C=O) groups excluding carboxylic acids is 2. The minimum Gasteiger partial charge on any atom is -0.444 e. The molecule has 2 fully saturated rings. The van der Waals surface area contributed by atoms with Crippen LogP contribution in [0.5, 0.6) is 0 Å². The number of hydrogen-bond donors (Lipinski definition) is 1. The van der Waals surface area contributed by atoms with E-state index >= 15 is 0 Å². The number of ketones is 1. The Bertz CT molecular complexity index is 683. The molecule has 2 aliphatic rings. The molecule has 0 aromatic heterocycles. The molecule has 5 atom stereocenters. The highest BCUT2D eigenvalue weighted by Crippen LogP contribution is 2.52. The van der Waals surface area contributed by atoms with Crippen molar-refractivity contribution in [3.63, 3.8) is 0 Å². The van der Waals surface area contributed by atoms with Crippen molar-refractivity contribution in [3.05, 3.63) is 12.7 Å². The fourth-order valence-electron chi connectivity index (χ4n) is 5.49. The SMILES string of the molecule is C=CC[C@@H]1[C@@H](O[Si](C)(C)C)[C@@H](C)C[C@@H](O)[C@@]12CCCN(C(=O)OC(C)(C)C)CCCC2=O. The van der Waals surface area contributed by atoms with E-state index in [1.54, 1.807) is 4.90 Å². The molecular formula is C25H45NO5Si. The zero-order valence-electron chi connectivity index (χ0n) is 21.3. The molecule has 1 saturated heterocycles. The maximum atomic E-state index is 13.7. The third kappa shape index (κ3) is 6.45. The third-order valence-electron chi connectivity index (χ3n) is 6.74. The van der Waals surface area contributed by atoms with Crippen molar-refractivity contribution in [1.29, 1.82) is 0 Å². The standard InChI is InChI=1S/C25H45NO5Si/c1-9-12-19-22(31-32(6,7)8)18(2)17-21(28)25(19)14-11-16-26(15-10-13-20(25)27)23(29)30-24(3,4)5/h9,18-19,21-22,28H,1,10-17H2,2-8H3/t18-,19+,21+,22-,25-/m0/s1. The van der Waals surface area contributed by atoms with Crippen molar-refractivity contribution in [3.8, 4) is 0 Å². The highest BCUT2D eigenvalue weighted by molar-refractivity contribution is 6.69. The number of allylic oxidation sites excluding steroid dienone is 1. The van der Waals surface area contributed by atoms with E-state index in [1.807, 2.05) is 26.8 Å². The molecule has 7 heteroatoms. The van der Waals surface area contributed by atoms with Crippen LogP contribution >= 0.6 is 0 Å². The lowest BCUT2D eigenvalue weighted by Crippen LogP contribution is -2.60. The molecule has 6 nitrogen and oxygen atoms in total. The summed E-state index contributed by atoms with van der Waals surface area (Å²) in [5.41, 5.74) is -1.41. The van der Waals surface area contributed by atoms with Crippen molar-refractivity contribution < 1.29 is 23.9 Å². The quantitative estimate of drug-likeness (QED) is 0.456. The number of carbonyl (C=O) groups is 2. The first-order valence-corrected chi connectivity index (χ1v) is 15.6. The summed E-state index contributed by atoms with van der Waals surface area (Å²) in [6.07, 6.45) is 4.06. The third-order valence-corrected chi connectivity index (χ3v) is 7.72. The van der Waals surface area contributed by atoms with Gasteiger partial charge in [0.05, 0.1) is 17.6 Å². The Hall–Kier alpha value is -1.18. The van der Waals surface area contributed by atoms with Crippen LogP contribution in [0.15, 0.2) is 12.7 Å². The predicted molar refractivity (Wildman–Crippen MR) is 130 cm³/mol. The van der Waals surface area contributed by atoms with Gasteiger partial charge < -0.3 is 19.2 Å². The summed E-state index contributed by atoms with van der Waals surface area (Å²) in [5, 5.41) is 11.4. The van der Waals surface area contributed by atoms with E-state index in [-0.39, 0.29) is 29.8 Å². The second-order valence-corrected chi connectivity index (χ2v) is 16.2. The molecule has 32 heavy (non-hydrogen) atoms. The van der Waals surface area contributed by atoms with Gasteiger partial charge in [0.1, 0.15) is 11.4 Å². The fourth-order valence-corrected chi connectivity index (χ4v) is 6.71. The van der Waals surface area contributed by atoms with Gasteiger partial charge in [-0.15, -0.1) is 6.58 Å².